The van der Waals surface area contributed by atoms with Crippen molar-refractivity contribution in [3.63, 3.8) is 0 Å². The van der Waals surface area contributed by atoms with Crippen LogP contribution in [0.15, 0.2) is 54.6 Å². The number of hydrogen-bond donors (Lipinski definition) is 1. The molecule has 3 heteroatoms. The number of nitrogens with one attached hydrogen (secondary N) is 1. The Hall–Kier alpha value is -1.84. The van der Waals surface area contributed by atoms with Gasteiger partial charge in [-0.15, -0.1) is 0 Å². The first-order valence-corrected chi connectivity index (χ1v) is 8.32. The average Bonchev–Trinajstić information content (AvgIpc) is 2.58. The molecule has 2 aromatic rings. The summed E-state index contributed by atoms with van der Waals surface area (Å²) in [7, 11) is 0. The molecule has 2 aromatic carbocycles. The molecule has 0 aromatic heterocycles. The lowest BCUT2D eigenvalue weighted by atomic mass is 10.2. The Morgan fingerprint density at radius 1 is 0.913 bits per heavy atom. The fraction of sp³-hybridized carbons (Fsp3) is 0.400. The van der Waals surface area contributed by atoms with Gasteiger partial charge < -0.3 is 14.8 Å². The smallest absolute Gasteiger partial charge is 0.119 e. The third-order valence-electron chi connectivity index (χ3n) is 3.45. The van der Waals surface area contributed by atoms with E-state index in [4.69, 9.17) is 9.47 Å². The molecule has 2 rings (SSSR count). The standard InChI is InChI=1S/C20H27NO2/c1-17(2)22-14-6-13-21-15-18-9-11-20(12-10-18)23-16-19-7-4-3-5-8-19/h3-5,7-12,17,21H,6,13-16H2,1-2H3. The van der Waals surface area contributed by atoms with Crippen LogP contribution in [0.5, 0.6) is 5.75 Å². The summed E-state index contributed by atoms with van der Waals surface area (Å²) in [6, 6.07) is 18.5. The summed E-state index contributed by atoms with van der Waals surface area (Å²) >= 11 is 0. The van der Waals surface area contributed by atoms with Crippen molar-refractivity contribution in [1.82, 2.24) is 5.32 Å². The van der Waals surface area contributed by atoms with E-state index in [2.05, 4.69) is 43.4 Å². The normalized spacial score (nSPS) is 10.9. The van der Waals surface area contributed by atoms with E-state index in [0.29, 0.717) is 12.7 Å². The van der Waals surface area contributed by atoms with Crippen LogP contribution in [-0.4, -0.2) is 19.3 Å². The second-order valence-electron chi connectivity index (χ2n) is 5.87. The van der Waals surface area contributed by atoms with Gasteiger partial charge in [0.05, 0.1) is 6.10 Å². The van der Waals surface area contributed by atoms with Crippen molar-refractivity contribution in [3.8, 4) is 5.75 Å². The predicted molar refractivity (Wildman–Crippen MR) is 94.6 cm³/mol. The van der Waals surface area contributed by atoms with Gasteiger partial charge in [0.25, 0.3) is 0 Å². The van der Waals surface area contributed by atoms with Crippen molar-refractivity contribution in [2.75, 3.05) is 13.2 Å². The highest BCUT2D eigenvalue weighted by Gasteiger charge is 1.98. The largest absolute Gasteiger partial charge is 0.489 e. The summed E-state index contributed by atoms with van der Waals surface area (Å²) < 4.78 is 11.3. The van der Waals surface area contributed by atoms with Crippen molar-refractivity contribution >= 4 is 0 Å². The minimum atomic E-state index is 0.318. The molecule has 0 saturated carbocycles. The minimum Gasteiger partial charge on any atom is -0.489 e. The van der Waals surface area contributed by atoms with E-state index in [1.54, 1.807) is 0 Å². The molecule has 0 aliphatic heterocycles. The lowest BCUT2D eigenvalue weighted by molar-refractivity contribution is 0.0770. The monoisotopic (exact) mass is 313 g/mol. The van der Waals surface area contributed by atoms with Crippen LogP contribution >= 0.6 is 0 Å². The van der Waals surface area contributed by atoms with Crippen LogP contribution in [0.4, 0.5) is 0 Å². The van der Waals surface area contributed by atoms with Crippen molar-refractivity contribution in [1.29, 1.82) is 0 Å². The van der Waals surface area contributed by atoms with Gasteiger partial charge in [-0.2, -0.15) is 0 Å². The highest BCUT2D eigenvalue weighted by atomic mass is 16.5. The maximum atomic E-state index is 5.79. The van der Waals surface area contributed by atoms with Gasteiger partial charge in [-0.25, -0.2) is 0 Å². The Morgan fingerprint density at radius 3 is 2.35 bits per heavy atom. The van der Waals surface area contributed by atoms with E-state index >= 15 is 0 Å². The molecule has 0 bridgehead atoms. The molecular formula is C20H27NO2. The van der Waals surface area contributed by atoms with Gasteiger partial charge in [-0.3, -0.25) is 0 Å². The van der Waals surface area contributed by atoms with Crippen molar-refractivity contribution < 1.29 is 9.47 Å². The first-order valence-electron chi connectivity index (χ1n) is 8.32. The van der Waals surface area contributed by atoms with E-state index < -0.39 is 0 Å². The van der Waals surface area contributed by atoms with Gasteiger partial charge in [0, 0.05) is 13.2 Å². The van der Waals surface area contributed by atoms with E-state index in [9.17, 15) is 0 Å². The molecule has 0 fully saturated rings. The first-order chi connectivity index (χ1) is 11.2. The zero-order valence-corrected chi connectivity index (χ0v) is 14.1. The maximum Gasteiger partial charge on any atom is 0.119 e. The molecule has 0 spiro atoms. The Kier molecular flexibility index (Phi) is 7.64. The Labute approximate surface area is 139 Å². The summed E-state index contributed by atoms with van der Waals surface area (Å²) in [5.74, 6) is 0.905. The van der Waals surface area contributed by atoms with Crippen molar-refractivity contribution in [2.45, 2.75) is 39.5 Å². The van der Waals surface area contributed by atoms with E-state index in [-0.39, 0.29) is 0 Å². The van der Waals surface area contributed by atoms with Crippen LogP contribution < -0.4 is 10.1 Å². The summed E-state index contributed by atoms with van der Waals surface area (Å²) in [5.41, 5.74) is 2.45. The zero-order valence-electron chi connectivity index (χ0n) is 14.1. The molecule has 124 valence electrons. The van der Waals surface area contributed by atoms with Gasteiger partial charge in [0.15, 0.2) is 0 Å². The van der Waals surface area contributed by atoms with E-state index in [1.807, 2.05) is 30.3 Å². The molecular weight excluding hydrogens is 286 g/mol. The SMILES string of the molecule is CC(C)OCCCNCc1ccc(OCc2ccccc2)cc1. The Bertz CT molecular complexity index is 537. The van der Waals surface area contributed by atoms with Crippen molar-refractivity contribution in [3.05, 3.63) is 65.7 Å². The van der Waals surface area contributed by atoms with Gasteiger partial charge in [0.1, 0.15) is 12.4 Å². The van der Waals surface area contributed by atoms with Crippen LogP contribution in [0.1, 0.15) is 31.4 Å². The number of ether oxygens (including phenoxy) is 2. The molecule has 23 heavy (non-hydrogen) atoms. The summed E-state index contributed by atoms with van der Waals surface area (Å²) in [4.78, 5) is 0. The molecule has 0 aliphatic carbocycles. The molecule has 0 saturated heterocycles. The lowest BCUT2D eigenvalue weighted by Crippen LogP contribution is -2.17. The van der Waals surface area contributed by atoms with Crippen LogP contribution in [0.3, 0.4) is 0 Å². The van der Waals surface area contributed by atoms with Crippen LogP contribution in [0.25, 0.3) is 0 Å². The van der Waals surface area contributed by atoms with Crippen LogP contribution in [-0.2, 0) is 17.9 Å². The predicted octanol–water partition coefficient (Wildman–Crippen LogP) is 4.17. The highest BCUT2D eigenvalue weighted by Crippen LogP contribution is 2.14. The first kappa shape index (κ1) is 17.5. The summed E-state index contributed by atoms with van der Waals surface area (Å²) in [5, 5.41) is 3.43. The van der Waals surface area contributed by atoms with Crippen LogP contribution in [0.2, 0.25) is 0 Å². The molecule has 0 atom stereocenters. The number of hydrogen-bond acceptors (Lipinski definition) is 3. The molecule has 3 nitrogen and oxygen atoms in total. The highest BCUT2D eigenvalue weighted by molar-refractivity contribution is 5.27. The summed E-state index contributed by atoms with van der Waals surface area (Å²) in [6.45, 7) is 7.40. The van der Waals surface area contributed by atoms with Crippen molar-refractivity contribution in [2.24, 2.45) is 0 Å². The van der Waals surface area contributed by atoms with Gasteiger partial charge in [-0.1, -0.05) is 42.5 Å². The zero-order chi connectivity index (χ0) is 16.3. The van der Waals surface area contributed by atoms with E-state index in [1.165, 1.54) is 11.1 Å². The Balaban J connectivity index is 1.64. The molecule has 0 heterocycles. The number of rotatable bonds is 10. The Morgan fingerprint density at radius 2 is 1.65 bits per heavy atom. The van der Waals surface area contributed by atoms with Gasteiger partial charge in [-0.05, 0) is 50.1 Å². The lowest BCUT2D eigenvalue weighted by Gasteiger charge is -2.09. The third-order valence-corrected chi connectivity index (χ3v) is 3.45. The molecule has 1 N–H and O–H groups in total. The van der Waals surface area contributed by atoms with Crippen LogP contribution in [0, 0.1) is 0 Å². The molecule has 0 amide bonds. The summed E-state index contributed by atoms with van der Waals surface area (Å²) in [6.07, 6.45) is 1.36. The fourth-order valence-electron chi connectivity index (χ4n) is 2.19. The molecule has 0 unspecified atom stereocenters. The second-order valence-corrected chi connectivity index (χ2v) is 5.87. The molecule has 0 aliphatic rings. The maximum absolute atomic E-state index is 5.79. The second kappa shape index (κ2) is 10.0. The quantitative estimate of drug-likeness (QED) is 0.668. The fourth-order valence-corrected chi connectivity index (χ4v) is 2.19. The number of benzene rings is 2. The average molecular weight is 313 g/mol. The minimum absolute atomic E-state index is 0.318. The van der Waals surface area contributed by atoms with E-state index in [0.717, 1.165) is 31.9 Å². The molecule has 0 radical (unpaired) electrons. The third kappa shape index (κ3) is 7.31. The van der Waals surface area contributed by atoms with Gasteiger partial charge in [0.2, 0.25) is 0 Å². The van der Waals surface area contributed by atoms with Gasteiger partial charge >= 0.3 is 0 Å². The topological polar surface area (TPSA) is 30.5 Å².